The lowest BCUT2D eigenvalue weighted by molar-refractivity contribution is -0.132. The number of rotatable bonds is 5. The van der Waals surface area contributed by atoms with Crippen LogP contribution in [0.5, 0.6) is 0 Å². The second-order valence-corrected chi connectivity index (χ2v) is 2.91. The molecule has 0 aromatic heterocycles. The second kappa shape index (κ2) is 6.01. The normalized spacial score (nSPS) is 12.5. The van der Waals surface area contributed by atoms with Gasteiger partial charge in [-0.2, -0.15) is 0 Å². The molecule has 14 heavy (non-hydrogen) atoms. The molecule has 0 aliphatic rings. The van der Waals surface area contributed by atoms with Crippen LogP contribution in [0.25, 0.3) is 0 Å². The Balaban J connectivity index is 4.02. The van der Waals surface area contributed by atoms with Crippen molar-refractivity contribution in [3.63, 3.8) is 0 Å². The molecule has 1 unspecified atom stereocenters. The van der Waals surface area contributed by atoms with Gasteiger partial charge in [0.25, 0.3) is 0 Å². The molecule has 5 heteroatoms. The number of hydrogen-bond acceptors (Lipinski definition) is 3. The van der Waals surface area contributed by atoms with E-state index >= 15 is 0 Å². The number of hydrogen-bond donors (Lipinski definition) is 2. The summed E-state index contributed by atoms with van der Waals surface area (Å²) >= 11 is 0. The molecule has 0 saturated carbocycles. The van der Waals surface area contributed by atoms with Crippen LogP contribution in [-0.4, -0.2) is 41.5 Å². The molecule has 0 spiro atoms. The Bertz CT molecular complexity index is 238. The third-order valence-corrected chi connectivity index (χ3v) is 1.79. The Hall–Kier alpha value is -1.52. The zero-order chi connectivity index (χ0) is 11.1. The molecule has 0 aliphatic heterocycles. The van der Waals surface area contributed by atoms with E-state index in [0.717, 1.165) is 6.08 Å². The van der Waals surface area contributed by atoms with Crippen LogP contribution in [0.2, 0.25) is 0 Å². The Morgan fingerprint density at radius 1 is 1.57 bits per heavy atom. The molecule has 0 heterocycles. The summed E-state index contributed by atoms with van der Waals surface area (Å²) in [5.41, 5.74) is 0. The van der Waals surface area contributed by atoms with E-state index < -0.39 is 12.0 Å². The fourth-order valence-corrected chi connectivity index (χ4v) is 0.821. The number of carbonyl (C=O) groups excluding carboxylic acids is 1. The topological polar surface area (TPSA) is 69.6 Å². The predicted molar refractivity (Wildman–Crippen MR) is 52.7 cm³/mol. The second-order valence-electron chi connectivity index (χ2n) is 2.91. The van der Waals surface area contributed by atoms with Gasteiger partial charge in [-0.25, -0.2) is 4.79 Å². The molecular weight excluding hydrogens is 184 g/mol. The lowest BCUT2D eigenvalue weighted by Gasteiger charge is -2.19. The van der Waals surface area contributed by atoms with Gasteiger partial charge in [0, 0.05) is 25.9 Å². The summed E-state index contributed by atoms with van der Waals surface area (Å²) in [4.78, 5) is 23.1. The minimum Gasteiger partial charge on any atom is -0.478 e. The van der Waals surface area contributed by atoms with E-state index in [1.165, 1.54) is 6.20 Å². The van der Waals surface area contributed by atoms with Gasteiger partial charge >= 0.3 is 5.97 Å². The summed E-state index contributed by atoms with van der Waals surface area (Å²) in [6.45, 7) is 4.19. The van der Waals surface area contributed by atoms with Crippen LogP contribution in [0, 0.1) is 0 Å². The number of likely N-dealkylation sites (N-methyl/N-ethyl adjacent to an activating group) is 1. The van der Waals surface area contributed by atoms with Gasteiger partial charge in [-0.3, -0.25) is 4.79 Å². The number of aliphatic carboxylic acids is 1. The molecule has 0 saturated heterocycles. The molecule has 0 aromatic carbocycles. The van der Waals surface area contributed by atoms with Crippen LogP contribution < -0.4 is 5.32 Å². The molecular formula is C9H16N2O3. The molecule has 1 atom stereocenters. The van der Waals surface area contributed by atoms with Crippen molar-refractivity contribution in [2.24, 2.45) is 0 Å². The van der Waals surface area contributed by atoms with E-state index in [9.17, 15) is 9.59 Å². The van der Waals surface area contributed by atoms with Gasteiger partial charge in [-0.1, -0.05) is 0 Å². The summed E-state index contributed by atoms with van der Waals surface area (Å²) in [5.74, 6) is -1.11. The first kappa shape index (κ1) is 12.5. The first-order chi connectivity index (χ1) is 6.49. The minimum absolute atomic E-state index is 0.0671. The van der Waals surface area contributed by atoms with Crippen LogP contribution in [0.3, 0.4) is 0 Å². The third kappa shape index (κ3) is 4.49. The van der Waals surface area contributed by atoms with Crippen molar-refractivity contribution < 1.29 is 14.7 Å². The lowest BCUT2D eigenvalue weighted by Crippen LogP contribution is -2.41. The van der Waals surface area contributed by atoms with E-state index in [-0.39, 0.29) is 5.91 Å². The molecule has 80 valence electrons. The summed E-state index contributed by atoms with van der Waals surface area (Å²) in [7, 11) is 1.70. The molecule has 0 radical (unpaired) electrons. The number of carboxylic acid groups (broad SMARTS) is 1. The number of nitrogens with one attached hydrogen (secondary N) is 1. The Morgan fingerprint density at radius 3 is 2.57 bits per heavy atom. The summed E-state index contributed by atoms with van der Waals surface area (Å²) in [6.07, 6.45) is 2.21. The first-order valence-electron chi connectivity index (χ1n) is 4.39. The van der Waals surface area contributed by atoms with Crippen molar-refractivity contribution >= 4 is 11.9 Å². The van der Waals surface area contributed by atoms with E-state index in [1.807, 2.05) is 6.92 Å². The maximum absolute atomic E-state index is 11.4. The van der Waals surface area contributed by atoms with Gasteiger partial charge in [-0.05, 0) is 13.8 Å². The maximum Gasteiger partial charge on any atom is 0.329 e. The summed E-state index contributed by atoms with van der Waals surface area (Å²) in [6, 6.07) is -0.407. The molecule has 2 N–H and O–H groups in total. The number of carboxylic acids is 1. The van der Waals surface area contributed by atoms with Gasteiger partial charge in [0.2, 0.25) is 5.91 Å². The molecule has 0 fully saturated rings. The van der Waals surface area contributed by atoms with Crippen molar-refractivity contribution in [3.8, 4) is 0 Å². The number of nitrogens with zero attached hydrogens (tertiary/aromatic N) is 1. The van der Waals surface area contributed by atoms with E-state index in [4.69, 9.17) is 5.11 Å². The van der Waals surface area contributed by atoms with Crippen LogP contribution in [0.4, 0.5) is 0 Å². The molecule has 1 amide bonds. The fourth-order valence-electron chi connectivity index (χ4n) is 0.821. The molecule has 0 aromatic rings. The summed E-state index contributed by atoms with van der Waals surface area (Å²) in [5, 5.41) is 11.0. The van der Waals surface area contributed by atoms with Crippen molar-refractivity contribution in [2.75, 3.05) is 13.6 Å². The van der Waals surface area contributed by atoms with Crippen molar-refractivity contribution in [3.05, 3.63) is 12.3 Å². The molecule has 0 rings (SSSR count). The zero-order valence-corrected chi connectivity index (χ0v) is 8.65. The highest BCUT2D eigenvalue weighted by Crippen LogP contribution is 1.91. The van der Waals surface area contributed by atoms with Crippen LogP contribution in [0.15, 0.2) is 12.3 Å². The zero-order valence-electron chi connectivity index (χ0n) is 8.65. The fraction of sp³-hybridized carbons (Fsp3) is 0.556. The highest BCUT2D eigenvalue weighted by atomic mass is 16.4. The smallest absolute Gasteiger partial charge is 0.329 e. The van der Waals surface area contributed by atoms with Gasteiger partial charge in [0.1, 0.15) is 6.04 Å². The van der Waals surface area contributed by atoms with Gasteiger partial charge in [0.15, 0.2) is 0 Å². The van der Waals surface area contributed by atoms with Gasteiger partial charge in [0.05, 0.1) is 0 Å². The average Bonchev–Trinajstić information content (AvgIpc) is 2.14. The Morgan fingerprint density at radius 2 is 2.14 bits per heavy atom. The molecule has 0 aliphatic carbocycles. The maximum atomic E-state index is 11.4. The van der Waals surface area contributed by atoms with Crippen LogP contribution >= 0.6 is 0 Å². The van der Waals surface area contributed by atoms with Crippen LogP contribution in [0.1, 0.15) is 13.8 Å². The average molecular weight is 200 g/mol. The lowest BCUT2D eigenvalue weighted by atomic mass is 10.3. The Kier molecular flexibility index (Phi) is 5.36. The van der Waals surface area contributed by atoms with E-state index in [1.54, 1.807) is 18.9 Å². The largest absolute Gasteiger partial charge is 0.478 e. The van der Waals surface area contributed by atoms with Gasteiger partial charge in [-0.15, -0.1) is 0 Å². The number of carbonyl (C=O) groups is 2. The monoisotopic (exact) mass is 200 g/mol. The van der Waals surface area contributed by atoms with Crippen molar-refractivity contribution in [1.29, 1.82) is 0 Å². The minimum atomic E-state index is -1.04. The van der Waals surface area contributed by atoms with E-state index in [2.05, 4.69) is 5.32 Å². The molecule has 5 nitrogen and oxygen atoms in total. The standard InChI is InChI=1S/C9H16N2O3/c1-4-11(3)9(14)7(2)10-6-5-8(12)13/h5-7,10H,4H2,1-3H3,(H,12,13)/b6-5+. The van der Waals surface area contributed by atoms with Crippen molar-refractivity contribution in [2.45, 2.75) is 19.9 Å². The quantitative estimate of drug-likeness (QED) is 0.615. The van der Waals surface area contributed by atoms with Crippen LogP contribution in [-0.2, 0) is 9.59 Å². The van der Waals surface area contributed by atoms with E-state index in [0.29, 0.717) is 6.54 Å². The highest BCUT2D eigenvalue weighted by molar-refractivity contribution is 5.82. The third-order valence-electron chi connectivity index (χ3n) is 1.79. The molecule has 0 bridgehead atoms. The van der Waals surface area contributed by atoms with Gasteiger partial charge < -0.3 is 15.3 Å². The first-order valence-corrected chi connectivity index (χ1v) is 4.39. The Labute approximate surface area is 83.4 Å². The van der Waals surface area contributed by atoms with Crippen molar-refractivity contribution in [1.82, 2.24) is 10.2 Å². The summed E-state index contributed by atoms with van der Waals surface area (Å²) < 4.78 is 0. The highest BCUT2D eigenvalue weighted by Gasteiger charge is 2.13. The number of amides is 1. The SMILES string of the molecule is CCN(C)C(=O)C(C)N/C=C/C(=O)O. The predicted octanol–water partition coefficient (Wildman–Crippen LogP) is 0.0411.